The van der Waals surface area contributed by atoms with E-state index in [1.165, 1.54) is 0 Å². The zero-order valence-corrected chi connectivity index (χ0v) is 8.38. The maximum atomic E-state index is 5.71. The molecule has 0 saturated carbocycles. The van der Waals surface area contributed by atoms with Gasteiger partial charge in [-0.1, -0.05) is 24.4 Å². The van der Waals surface area contributed by atoms with Crippen LogP contribution in [0.1, 0.15) is 5.56 Å². The monoisotopic (exact) mass is 198 g/mol. The molecule has 0 aromatic heterocycles. The Kier molecular flexibility index (Phi) is 2.94. The molecular formula is C8H10N2S2. The highest BCUT2D eigenvalue weighted by Crippen LogP contribution is 2.22. The summed E-state index contributed by atoms with van der Waals surface area (Å²) >= 11 is 8.76. The molecule has 0 heterocycles. The quantitative estimate of drug-likeness (QED) is 0.368. The maximum Gasteiger partial charge on any atom is 0.135 e. The molecule has 0 aliphatic carbocycles. The summed E-state index contributed by atoms with van der Waals surface area (Å²) in [6.07, 6.45) is 0. The summed E-state index contributed by atoms with van der Waals surface area (Å²) in [5.74, 6) is 0. The molecular weight excluding hydrogens is 188 g/mol. The normalized spacial score (nSPS) is 9.50. The standard InChI is InChI=1S/C8H10N2S2/c1-5-3-2-4-6(9)7(5)10-8(11)12/h2-4H,9H2,1H3,(H2,10,11,12). The van der Waals surface area contributed by atoms with E-state index in [-0.39, 0.29) is 0 Å². The van der Waals surface area contributed by atoms with Gasteiger partial charge >= 0.3 is 0 Å². The summed E-state index contributed by atoms with van der Waals surface area (Å²) in [4.78, 5) is 0. The van der Waals surface area contributed by atoms with Gasteiger partial charge in [-0.15, -0.1) is 12.6 Å². The highest BCUT2D eigenvalue weighted by atomic mass is 32.1. The molecule has 0 saturated heterocycles. The number of thiocarbonyl (C=S) groups is 1. The fourth-order valence-corrected chi connectivity index (χ4v) is 1.18. The molecule has 1 aromatic carbocycles. The van der Waals surface area contributed by atoms with Crippen molar-refractivity contribution in [3.8, 4) is 0 Å². The third-order valence-corrected chi connectivity index (χ3v) is 1.75. The van der Waals surface area contributed by atoms with Gasteiger partial charge < -0.3 is 11.1 Å². The molecule has 0 aliphatic heterocycles. The lowest BCUT2D eigenvalue weighted by atomic mass is 10.2. The number of nitrogen functional groups attached to an aromatic ring is 1. The van der Waals surface area contributed by atoms with Crippen molar-refractivity contribution >= 4 is 40.5 Å². The second kappa shape index (κ2) is 3.78. The maximum absolute atomic E-state index is 5.71. The van der Waals surface area contributed by atoms with Crippen molar-refractivity contribution in [2.75, 3.05) is 11.1 Å². The summed E-state index contributed by atoms with van der Waals surface area (Å²) in [6.45, 7) is 1.96. The predicted molar refractivity (Wildman–Crippen MR) is 60.8 cm³/mol. The summed E-state index contributed by atoms with van der Waals surface area (Å²) in [5.41, 5.74) is 8.31. The van der Waals surface area contributed by atoms with Gasteiger partial charge in [0.25, 0.3) is 0 Å². The number of hydrogen-bond donors (Lipinski definition) is 3. The first-order valence-electron chi connectivity index (χ1n) is 3.46. The van der Waals surface area contributed by atoms with E-state index in [2.05, 4.69) is 17.9 Å². The molecule has 4 heteroatoms. The number of rotatable bonds is 1. The third-order valence-electron chi connectivity index (χ3n) is 1.54. The molecule has 0 unspecified atom stereocenters. The Bertz CT molecular complexity index is 290. The lowest BCUT2D eigenvalue weighted by Crippen LogP contribution is -2.05. The first kappa shape index (κ1) is 9.35. The lowest BCUT2D eigenvalue weighted by molar-refractivity contribution is 1.46. The number of para-hydroxylation sites is 1. The van der Waals surface area contributed by atoms with Gasteiger partial charge in [0, 0.05) is 0 Å². The average Bonchev–Trinajstić information content (AvgIpc) is 1.97. The van der Waals surface area contributed by atoms with Gasteiger partial charge in [0.2, 0.25) is 0 Å². The second-order valence-electron chi connectivity index (χ2n) is 2.47. The molecule has 3 N–H and O–H groups in total. The van der Waals surface area contributed by atoms with Crippen molar-refractivity contribution in [2.24, 2.45) is 0 Å². The summed E-state index contributed by atoms with van der Waals surface area (Å²) in [7, 11) is 0. The number of aryl methyl sites for hydroxylation is 1. The van der Waals surface area contributed by atoms with Crippen molar-refractivity contribution in [3.05, 3.63) is 23.8 Å². The van der Waals surface area contributed by atoms with Crippen molar-refractivity contribution in [1.82, 2.24) is 0 Å². The van der Waals surface area contributed by atoms with E-state index < -0.39 is 0 Å². The third kappa shape index (κ3) is 2.12. The van der Waals surface area contributed by atoms with E-state index in [0.29, 0.717) is 10.0 Å². The van der Waals surface area contributed by atoms with Crippen LogP contribution in [0.25, 0.3) is 0 Å². The molecule has 0 atom stereocenters. The fraction of sp³-hybridized carbons (Fsp3) is 0.125. The topological polar surface area (TPSA) is 38.0 Å². The summed E-state index contributed by atoms with van der Waals surface area (Å²) in [5, 5.41) is 2.91. The Morgan fingerprint density at radius 2 is 2.25 bits per heavy atom. The van der Waals surface area contributed by atoms with Crippen LogP contribution in [0.4, 0.5) is 11.4 Å². The van der Waals surface area contributed by atoms with Crippen LogP contribution >= 0.6 is 24.8 Å². The van der Waals surface area contributed by atoms with Crippen molar-refractivity contribution in [1.29, 1.82) is 0 Å². The molecule has 1 aromatic rings. The minimum atomic E-state index is 0.427. The first-order valence-corrected chi connectivity index (χ1v) is 4.32. The summed E-state index contributed by atoms with van der Waals surface area (Å²) < 4.78 is 0.427. The molecule has 1 rings (SSSR count). The molecule has 0 spiro atoms. The van der Waals surface area contributed by atoms with Crippen LogP contribution in [0.15, 0.2) is 18.2 Å². The number of benzene rings is 1. The number of nitrogens with two attached hydrogens (primary N) is 1. The zero-order valence-electron chi connectivity index (χ0n) is 6.66. The van der Waals surface area contributed by atoms with Gasteiger partial charge in [-0.25, -0.2) is 0 Å². The first-order chi connectivity index (χ1) is 5.61. The van der Waals surface area contributed by atoms with Crippen LogP contribution in [-0.2, 0) is 0 Å². The fourth-order valence-electron chi connectivity index (χ4n) is 0.968. The van der Waals surface area contributed by atoms with E-state index in [4.69, 9.17) is 18.0 Å². The number of thiol groups is 1. The van der Waals surface area contributed by atoms with E-state index in [1.54, 1.807) is 0 Å². The van der Waals surface area contributed by atoms with Crippen LogP contribution in [-0.4, -0.2) is 4.32 Å². The Balaban J connectivity index is 3.04. The van der Waals surface area contributed by atoms with Crippen LogP contribution in [0.3, 0.4) is 0 Å². The Labute approximate surface area is 82.6 Å². The summed E-state index contributed by atoms with van der Waals surface area (Å²) in [6, 6.07) is 5.68. The minimum absolute atomic E-state index is 0.427. The van der Waals surface area contributed by atoms with E-state index >= 15 is 0 Å². The molecule has 2 nitrogen and oxygen atoms in total. The lowest BCUT2D eigenvalue weighted by Gasteiger charge is -2.09. The smallest absolute Gasteiger partial charge is 0.135 e. The zero-order chi connectivity index (χ0) is 9.14. The van der Waals surface area contributed by atoms with Gasteiger partial charge in [-0.05, 0) is 18.6 Å². The van der Waals surface area contributed by atoms with Gasteiger partial charge in [-0.3, -0.25) is 0 Å². The van der Waals surface area contributed by atoms with Gasteiger partial charge in [-0.2, -0.15) is 0 Å². The van der Waals surface area contributed by atoms with Crippen LogP contribution in [0.2, 0.25) is 0 Å². The highest BCUT2D eigenvalue weighted by Gasteiger charge is 2.01. The SMILES string of the molecule is Cc1cccc(N)c1NC(=S)S. The Morgan fingerprint density at radius 3 is 2.75 bits per heavy atom. The Morgan fingerprint density at radius 1 is 1.58 bits per heavy atom. The van der Waals surface area contributed by atoms with E-state index in [1.807, 2.05) is 25.1 Å². The number of anilines is 2. The predicted octanol–water partition coefficient (Wildman–Crippen LogP) is 2.20. The minimum Gasteiger partial charge on any atom is -0.397 e. The van der Waals surface area contributed by atoms with Gasteiger partial charge in [0.15, 0.2) is 0 Å². The second-order valence-corrected chi connectivity index (χ2v) is 3.63. The van der Waals surface area contributed by atoms with Gasteiger partial charge in [0.05, 0.1) is 11.4 Å². The van der Waals surface area contributed by atoms with E-state index in [0.717, 1.165) is 11.3 Å². The van der Waals surface area contributed by atoms with Crippen LogP contribution in [0, 0.1) is 6.92 Å². The molecule has 0 radical (unpaired) electrons. The molecule has 0 fully saturated rings. The van der Waals surface area contributed by atoms with Crippen molar-refractivity contribution in [2.45, 2.75) is 6.92 Å². The Hall–Kier alpha value is -0.740. The van der Waals surface area contributed by atoms with E-state index in [9.17, 15) is 0 Å². The molecule has 64 valence electrons. The van der Waals surface area contributed by atoms with Crippen LogP contribution < -0.4 is 11.1 Å². The molecule has 0 bridgehead atoms. The molecule has 0 amide bonds. The largest absolute Gasteiger partial charge is 0.397 e. The average molecular weight is 198 g/mol. The molecule has 0 aliphatic rings. The number of nitrogens with one attached hydrogen (secondary N) is 1. The number of hydrogen-bond acceptors (Lipinski definition) is 2. The highest BCUT2D eigenvalue weighted by molar-refractivity contribution is 8.11. The molecule has 12 heavy (non-hydrogen) atoms. The van der Waals surface area contributed by atoms with Crippen molar-refractivity contribution < 1.29 is 0 Å². The van der Waals surface area contributed by atoms with Crippen molar-refractivity contribution in [3.63, 3.8) is 0 Å². The van der Waals surface area contributed by atoms with Gasteiger partial charge in [0.1, 0.15) is 4.32 Å². The van der Waals surface area contributed by atoms with Crippen LogP contribution in [0.5, 0.6) is 0 Å².